The van der Waals surface area contributed by atoms with Gasteiger partial charge in [-0.3, -0.25) is 14.5 Å². The maximum absolute atomic E-state index is 12.3. The van der Waals surface area contributed by atoms with E-state index in [-0.39, 0.29) is 30.8 Å². The van der Waals surface area contributed by atoms with E-state index in [4.69, 9.17) is 4.42 Å². The molecule has 0 bridgehead atoms. The van der Waals surface area contributed by atoms with Crippen LogP contribution in [0.25, 0.3) is 0 Å². The van der Waals surface area contributed by atoms with Crippen LogP contribution in [0.5, 0.6) is 0 Å². The molecule has 1 aromatic rings. The second kappa shape index (κ2) is 6.85. The van der Waals surface area contributed by atoms with Gasteiger partial charge in [0.25, 0.3) is 5.91 Å². The standard InChI is InChI=1S/C16H21N3O4/c20-14(17-11-4-1-2-5-11)8-7-13-15(21)19(16(22)18-13)10-12-6-3-9-23-12/h3,6,9,11,13H,1-2,4-5,7-8,10H2,(H,17,20)(H,18,22)/t13-/m0/s1. The topological polar surface area (TPSA) is 91.7 Å². The quantitative estimate of drug-likeness (QED) is 0.778. The average molecular weight is 319 g/mol. The fourth-order valence-corrected chi connectivity index (χ4v) is 3.13. The monoisotopic (exact) mass is 319 g/mol. The summed E-state index contributed by atoms with van der Waals surface area (Å²) in [6.45, 7) is 0.114. The summed E-state index contributed by atoms with van der Waals surface area (Å²) < 4.78 is 5.16. The van der Waals surface area contributed by atoms with Gasteiger partial charge >= 0.3 is 6.03 Å². The maximum Gasteiger partial charge on any atom is 0.325 e. The number of nitrogens with zero attached hydrogens (tertiary/aromatic N) is 1. The number of carbonyl (C=O) groups excluding carboxylic acids is 3. The average Bonchev–Trinajstić information content (AvgIpc) is 3.25. The first-order chi connectivity index (χ1) is 11.1. The van der Waals surface area contributed by atoms with Crippen molar-refractivity contribution >= 4 is 17.8 Å². The number of hydrogen-bond donors (Lipinski definition) is 2. The molecule has 2 heterocycles. The highest BCUT2D eigenvalue weighted by molar-refractivity contribution is 6.04. The Morgan fingerprint density at radius 1 is 1.35 bits per heavy atom. The lowest BCUT2D eigenvalue weighted by Crippen LogP contribution is -2.35. The lowest BCUT2D eigenvalue weighted by Gasteiger charge is -2.13. The Hall–Kier alpha value is -2.31. The van der Waals surface area contributed by atoms with Crippen LogP contribution < -0.4 is 10.6 Å². The third-order valence-electron chi connectivity index (χ3n) is 4.38. The van der Waals surface area contributed by atoms with E-state index in [0.29, 0.717) is 12.2 Å². The van der Waals surface area contributed by atoms with Crippen molar-refractivity contribution in [1.82, 2.24) is 15.5 Å². The molecule has 1 aliphatic carbocycles. The minimum absolute atomic E-state index is 0.0524. The summed E-state index contributed by atoms with van der Waals surface area (Å²) in [4.78, 5) is 37.2. The molecule has 1 saturated heterocycles. The van der Waals surface area contributed by atoms with E-state index >= 15 is 0 Å². The van der Waals surface area contributed by atoms with Crippen LogP contribution in [0.15, 0.2) is 22.8 Å². The summed E-state index contributed by atoms with van der Waals surface area (Å²) in [7, 11) is 0. The molecule has 23 heavy (non-hydrogen) atoms. The van der Waals surface area contributed by atoms with E-state index in [1.165, 1.54) is 6.26 Å². The highest BCUT2D eigenvalue weighted by Gasteiger charge is 2.38. The number of urea groups is 1. The number of hydrogen-bond acceptors (Lipinski definition) is 4. The predicted octanol–water partition coefficient (Wildman–Crippen LogP) is 1.54. The first kappa shape index (κ1) is 15.6. The van der Waals surface area contributed by atoms with Gasteiger partial charge in [-0.05, 0) is 31.4 Å². The molecule has 0 aromatic carbocycles. The molecule has 7 nitrogen and oxygen atoms in total. The fraction of sp³-hybridized carbons (Fsp3) is 0.562. The molecule has 2 fully saturated rings. The predicted molar refractivity (Wildman–Crippen MR) is 81.2 cm³/mol. The zero-order chi connectivity index (χ0) is 16.2. The Balaban J connectivity index is 1.47. The summed E-state index contributed by atoms with van der Waals surface area (Å²) in [5, 5.41) is 5.62. The summed E-state index contributed by atoms with van der Waals surface area (Å²) >= 11 is 0. The minimum atomic E-state index is -0.633. The van der Waals surface area contributed by atoms with Gasteiger partial charge in [-0.1, -0.05) is 12.8 Å². The number of rotatable bonds is 6. The van der Waals surface area contributed by atoms with E-state index in [2.05, 4.69) is 10.6 Å². The molecule has 0 radical (unpaired) electrons. The highest BCUT2D eigenvalue weighted by atomic mass is 16.3. The van der Waals surface area contributed by atoms with Crippen molar-refractivity contribution in [3.63, 3.8) is 0 Å². The van der Waals surface area contributed by atoms with Gasteiger partial charge in [-0.25, -0.2) is 4.79 Å². The van der Waals surface area contributed by atoms with Gasteiger partial charge in [0.05, 0.1) is 12.8 Å². The molecule has 0 spiro atoms. The molecule has 1 aromatic heterocycles. The van der Waals surface area contributed by atoms with E-state index < -0.39 is 12.1 Å². The maximum atomic E-state index is 12.3. The smallest absolute Gasteiger partial charge is 0.325 e. The second-order valence-corrected chi connectivity index (χ2v) is 6.09. The van der Waals surface area contributed by atoms with Crippen molar-refractivity contribution in [2.24, 2.45) is 0 Å². The van der Waals surface area contributed by atoms with Crippen LogP contribution in [0.1, 0.15) is 44.3 Å². The molecule has 3 rings (SSSR count). The minimum Gasteiger partial charge on any atom is -0.467 e. The summed E-state index contributed by atoms with van der Waals surface area (Å²) in [5.74, 6) is 0.191. The summed E-state index contributed by atoms with van der Waals surface area (Å²) in [5.41, 5.74) is 0. The normalized spacial score (nSPS) is 21.7. The van der Waals surface area contributed by atoms with E-state index in [9.17, 15) is 14.4 Å². The Morgan fingerprint density at radius 2 is 2.13 bits per heavy atom. The van der Waals surface area contributed by atoms with Crippen molar-refractivity contribution in [2.75, 3.05) is 0 Å². The van der Waals surface area contributed by atoms with E-state index in [1.54, 1.807) is 12.1 Å². The van der Waals surface area contributed by atoms with Crippen LogP contribution in [0.4, 0.5) is 4.79 Å². The number of furan rings is 1. The second-order valence-electron chi connectivity index (χ2n) is 6.09. The van der Waals surface area contributed by atoms with Crippen molar-refractivity contribution in [3.05, 3.63) is 24.2 Å². The van der Waals surface area contributed by atoms with Gasteiger partial charge in [-0.2, -0.15) is 0 Å². The summed E-state index contributed by atoms with van der Waals surface area (Å²) in [6, 6.07) is 2.62. The van der Waals surface area contributed by atoms with Gasteiger partial charge in [0, 0.05) is 12.5 Å². The van der Waals surface area contributed by atoms with Crippen LogP contribution in [-0.2, 0) is 16.1 Å². The molecule has 0 unspecified atom stereocenters. The molecule has 1 atom stereocenters. The number of nitrogens with one attached hydrogen (secondary N) is 2. The van der Waals surface area contributed by atoms with Gasteiger partial charge in [0.2, 0.25) is 5.91 Å². The summed E-state index contributed by atoms with van der Waals surface area (Å²) in [6.07, 6.45) is 6.43. The van der Waals surface area contributed by atoms with Gasteiger partial charge < -0.3 is 15.1 Å². The molecule has 4 amide bonds. The molecular weight excluding hydrogens is 298 g/mol. The molecule has 2 N–H and O–H groups in total. The van der Waals surface area contributed by atoms with Crippen LogP contribution in [0.3, 0.4) is 0 Å². The lowest BCUT2D eigenvalue weighted by atomic mass is 10.1. The van der Waals surface area contributed by atoms with Crippen molar-refractivity contribution < 1.29 is 18.8 Å². The Kier molecular flexibility index (Phi) is 4.64. The number of imide groups is 1. The molecule has 1 saturated carbocycles. The Morgan fingerprint density at radius 3 is 2.83 bits per heavy atom. The van der Waals surface area contributed by atoms with E-state index in [1.807, 2.05) is 0 Å². The van der Waals surface area contributed by atoms with Crippen molar-refractivity contribution in [3.8, 4) is 0 Å². The SMILES string of the molecule is O=C(CC[C@@H]1NC(=O)N(Cc2ccco2)C1=O)NC1CCCC1. The third-order valence-corrected chi connectivity index (χ3v) is 4.38. The molecular formula is C16H21N3O4. The highest BCUT2D eigenvalue weighted by Crippen LogP contribution is 2.18. The molecule has 124 valence electrons. The number of carbonyl (C=O) groups is 3. The van der Waals surface area contributed by atoms with Crippen LogP contribution in [-0.4, -0.2) is 34.8 Å². The Labute approximate surface area is 134 Å². The number of amides is 4. The van der Waals surface area contributed by atoms with Crippen LogP contribution >= 0.6 is 0 Å². The zero-order valence-electron chi connectivity index (χ0n) is 12.9. The van der Waals surface area contributed by atoms with Gasteiger partial charge in [0.15, 0.2) is 0 Å². The molecule has 7 heteroatoms. The molecule has 2 aliphatic rings. The van der Waals surface area contributed by atoms with Gasteiger partial charge in [0.1, 0.15) is 11.8 Å². The zero-order valence-corrected chi connectivity index (χ0v) is 12.9. The first-order valence-corrected chi connectivity index (χ1v) is 8.07. The Bertz CT molecular complexity index is 578. The van der Waals surface area contributed by atoms with Crippen molar-refractivity contribution in [2.45, 2.75) is 57.2 Å². The van der Waals surface area contributed by atoms with Crippen LogP contribution in [0, 0.1) is 0 Å². The van der Waals surface area contributed by atoms with Gasteiger partial charge in [-0.15, -0.1) is 0 Å². The van der Waals surface area contributed by atoms with Crippen molar-refractivity contribution in [1.29, 1.82) is 0 Å². The first-order valence-electron chi connectivity index (χ1n) is 8.07. The van der Waals surface area contributed by atoms with Crippen LogP contribution in [0.2, 0.25) is 0 Å². The molecule has 1 aliphatic heterocycles. The van der Waals surface area contributed by atoms with E-state index in [0.717, 1.165) is 30.6 Å². The largest absolute Gasteiger partial charge is 0.467 e. The third kappa shape index (κ3) is 3.72. The lowest BCUT2D eigenvalue weighted by molar-refractivity contribution is -0.128. The fourth-order valence-electron chi connectivity index (χ4n) is 3.13.